The van der Waals surface area contributed by atoms with Crippen molar-refractivity contribution in [1.82, 2.24) is 0 Å². The summed E-state index contributed by atoms with van der Waals surface area (Å²) in [4.78, 5) is 0. The highest BCUT2D eigenvalue weighted by molar-refractivity contribution is 9.11. The third-order valence-electron chi connectivity index (χ3n) is 25.6. The maximum absolute atomic E-state index is 6.76. The van der Waals surface area contributed by atoms with Gasteiger partial charge in [-0.15, -0.1) is 0 Å². The van der Waals surface area contributed by atoms with Crippen molar-refractivity contribution in [3.8, 4) is 184 Å². The maximum Gasteiger partial charge on any atom is 0.265 e. The Bertz CT molecular complexity index is 7730. The van der Waals surface area contributed by atoms with E-state index in [9.17, 15) is 0 Å². The van der Waals surface area contributed by atoms with Crippen LogP contribution in [0.1, 0.15) is 0 Å². The molecule has 0 unspecified atom stereocenters. The summed E-state index contributed by atoms with van der Waals surface area (Å²) < 4.78 is 103. The first-order chi connectivity index (χ1) is 71.0. The second-order valence-corrected chi connectivity index (χ2v) is 37.7. The number of rotatable bonds is 16. The van der Waals surface area contributed by atoms with E-state index in [0.29, 0.717) is 86.9 Å². The monoisotopic (exact) mass is 2130 g/mol. The van der Waals surface area contributed by atoms with Gasteiger partial charge in [0.25, 0.3) is 26.9 Å². The van der Waals surface area contributed by atoms with Gasteiger partial charge in [0, 0.05) is 45.5 Å². The van der Waals surface area contributed by atoms with Crippen LogP contribution in [0.15, 0.2) is 455 Å². The highest BCUT2D eigenvalue weighted by Gasteiger charge is 2.49. The summed E-state index contributed by atoms with van der Waals surface area (Å²) in [5, 5.41) is 0. The van der Waals surface area contributed by atoms with Gasteiger partial charge in [-0.1, -0.05) is 218 Å². The SMILES string of the molecule is Brc1c(Oc2ccccc2)cccc1Oc1cccc(Oc2cccc(Oc3ccccc3)c2Br)c1.Brc1c(Oc2ccccc2)cccc1Oc1cccc(Oc2cccc(Oc3ccccc3)c2Br)c1.c1ccc2c(c1)Oc1cccc3c1B2c1cc2c(cc1O3)Oc1cccc3c1B2c1ccccc1O3.c1ccc2c(c1)Oc1cccc3c1B2c1ccc2c(c1O3)B1c3ccccc3Oc3cccc(c31)O2. The second kappa shape index (κ2) is 38.4. The fourth-order valence-corrected chi connectivity index (χ4v) is 21.0. The van der Waals surface area contributed by atoms with Crippen LogP contribution in [0, 0.1) is 0 Å². The highest BCUT2D eigenvalue weighted by Crippen LogP contribution is 2.49. The predicted molar refractivity (Wildman–Crippen MR) is 579 cm³/mol. The van der Waals surface area contributed by atoms with Crippen molar-refractivity contribution in [2.45, 2.75) is 0 Å². The molecule has 8 aliphatic heterocycles. The molecule has 0 radical (unpaired) electrons. The molecule has 8 aliphatic rings. The molecule has 0 spiro atoms. The number of halogens is 4. The minimum Gasteiger partial charge on any atom is -0.459 e. The molecular weight excluding hydrogens is 2060 g/mol. The Balaban J connectivity index is 0.000000101. The molecule has 28 rings (SSSR count). The van der Waals surface area contributed by atoms with Crippen molar-refractivity contribution in [3.05, 3.63) is 455 Å². The average molecular weight is 2130 g/mol. The van der Waals surface area contributed by atoms with Gasteiger partial charge in [0.1, 0.15) is 202 Å². The van der Waals surface area contributed by atoms with E-state index in [1.54, 1.807) is 0 Å². The van der Waals surface area contributed by atoms with Crippen molar-refractivity contribution >= 4 is 156 Å². The summed E-state index contributed by atoms with van der Waals surface area (Å²) in [6, 6.07) is 142. The van der Waals surface area contributed by atoms with E-state index in [0.717, 1.165) is 181 Å². The minimum atomic E-state index is -0.0559. The molecule has 24 heteroatoms. The topological polar surface area (TPSA) is 148 Å². The molecule has 0 saturated heterocycles. The van der Waals surface area contributed by atoms with Gasteiger partial charge in [0.2, 0.25) is 0 Å². The standard InChI is InChI=1S/2C30H16B2O4.2C30H20Br2O4/c1-3-9-20-17(7-1)31-19-15-16-26-29(30(19)36-25-14-6-11-22(33-20)27(25)31)32-18-8-2-4-10-21(18)34-23-12-5-13-24(35-26)28(23)32;1-3-9-21-17(7-1)31-19-15-20-28(16-27(19)35-25-13-5-11-23(33-21)29(25)31)36-26-14-6-12-24-30(26)32(20)18-8-2-4-10-22(18)34-24;2*31-29-25(33-21-10-3-1-4-11-21)16-8-18-27(29)35-23-14-7-15-24(20-23)36-28-19-9-17-26(30(28)32)34-22-12-5-2-6-13-22/h2*1-16H;2*1-20H. The van der Waals surface area contributed by atoms with Crippen LogP contribution < -0.4 is 141 Å². The lowest BCUT2D eigenvalue weighted by atomic mass is 9.31. The molecule has 0 amide bonds. The first-order valence-electron chi connectivity index (χ1n) is 46.6. The lowest BCUT2D eigenvalue weighted by molar-refractivity contribution is 0.441. The van der Waals surface area contributed by atoms with Crippen molar-refractivity contribution in [2.24, 2.45) is 0 Å². The molecular formula is C120H72B4Br4O16. The van der Waals surface area contributed by atoms with Crippen LogP contribution in [0.25, 0.3) is 0 Å². The highest BCUT2D eigenvalue weighted by atomic mass is 79.9. The first-order valence-corrected chi connectivity index (χ1v) is 49.8. The quantitative estimate of drug-likeness (QED) is 0.0844. The van der Waals surface area contributed by atoms with E-state index in [2.05, 4.69) is 137 Å². The Morgan fingerprint density at radius 2 is 0.347 bits per heavy atom. The van der Waals surface area contributed by atoms with Crippen molar-refractivity contribution in [3.63, 3.8) is 0 Å². The molecule has 16 nitrogen and oxygen atoms in total. The summed E-state index contributed by atoms with van der Waals surface area (Å²) in [5.41, 5.74) is 13.2. The van der Waals surface area contributed by atoms with E-state index in [4.69, 9.17) is 75.8 Å². The predicted octanol–water partition coefficient (Wildman–Crippen LogP) is 27.0. The van der Waals surface area contributed by atoms with Gasteiger partial charge in [0.15, 0.2) is 0 Å². The van der Waals surface area contributed by atoms with E-state index in [1.807, 2.05) is 364 Å². The van der Waals surface area contributed by atoms with Crippen LogP contribution in [-0.2, 0) is 0 Å². The average Bonchev–Trinajstić information content (AvgIpc) is 0.714. The maximum atomic E-state index is 6.76. The summed E-state index contributed by atoms with van der Waals surface area (Å²) in [6.45, 7) is -0.00885. The van der Waals surface area contributed by atoms with Gasteiger partial charge in [-0.05, 0) is 302 Å². The van der Waals surface area contributed by atoms with Gasteiger partial charge in [-0.25, -0.2) is 0 Å². The first kappa shape index (κ1) is 88.8. The zero-order valence-corrected chi connectivity index (χ0v) is 82.3. The van der Waals surface area contributed by atoms with Crippen LogP contribution in [0.4, 0.5) is 0 Å². The Morgan fingerprint density at radius 3 is 0.653 bits per heavy atom. The van der Waals surface area contributed by atoms with E-state index < -0.39 is 0 Å². The normalized spacial score (nSPS) is 12.4. The Kier molecular flexibility index (Phi) is 23.7. The third-order valence-corrected chi connectivity index (χ3v) is 28.7. The smallest absolute Gasteiger partial charge is 0.265 e. The van der Waals surface area contributed by atoms with Crippen LogP contribution in [0.5, 0.6) is 184 Å². The lowest BCUT2D eigenvalue weighted by Crippen LogP contribution is -2.62. The van der Waals surface area contributed by atoms with Crippen molar-refractivity contribution in [1.29, 1.82) is 0 Å². The zero-order valence-electron chi connectivity index (χ0n) is 75.9. The molecule has 0 aliphatic carbocycles. The van der Waals surface area contributed by atoms with Gasteiger partial charge in [0.05, 0.1) is 0 Å². The Hall–Kier alpha value is -16.6. The molecule has 688 valence electrons. The number of ether oxygens (including phenoxy) is 16. The molecule has 8 heterocycles. The number of hydrogen-bond acceptors (Lipinski definition) is 16. The Morgan fingerprint density at radius 1 is 0.139 bits per heavy atom. The van der Waals surface area contributed by atoms with Crippen LogP contribution in [-0.4, -0.2) is 26.9 Å². The van der Waals surface area contributed by atoms with Gasteiger partial charge < -0.3 is 75.8 Å². The summed E-state index contributed by atoms with van der Waals surface area (Å²) in [5.74, 6) is 24.1. The molecule has 0 saturated carbocycles. The fourth-order valence-electron chi connectivity index (χ4n) is 19.3. The molecule has 144 heavy (non-hydrogen) atoms. The molecule has 0 fully saturated rings. The van der Waals surface area contributed by atoms with Crippen molar-refractivity contribution in [2.75, 3.05) is 0 Å². The molecule has 0 bridgehead atoms. The number of hydrogen-bond donors (Lipinski definition) is 0. The number of fused-ring (bicyclic) bond motifs is 17. The van der Waals surface area contributed by atoms with Gasteiger partial charge in [-0.2, -0.15) is 0 Å². The molecule has 20 aromatic rings. The minimum absolute atomic E-state index is 0.0157. The summed E-state index contributed by atoms with van der Waals surface area (Å²) in [6.07, 6.45) is 0. The van der Waals surface area contributed by atoms with Crippen LogP contribution >= 0.6 is 63.7 Å². The van der Waals surface area contributed by atoms with Gasteiger partial charge >= 0.3 is 0 Å². The van der Waals surface area contributed by atoms with Gasteiger partial charge in [-0.3, -0.25) is 0 Å². The van der Waals surface area contributed by atoms with Crippen molar-refractivity contribution < 1.29 is 75.8 Å². The molecule has 0 atom stereocenters. The third kappa shape index (κ3) is 17.1. The number of para-hydroxylation sites is 8. The van der Waals surface area contributed by atoms with E-state index in [-0.39, 0.29) is 26.9 Å². The fraction of sp³-hybridized carbons (Fsp3) is 0. The van der Waals surface area contributed by atoms with Crippen LogP contribution in [0.2, 0.25) is 0 Å². The Labute approximate surface area is 863 Å². The molecule has 0 N–H and O–H groups in total. The van der Waals surface area contributed by atoms with E-state index in [1.165, 1.54) is 0 Å². The van der Waals surface area contributed by atoms with Crippen LogP contribution in [0.3, 0.4) is 0 Å². The lowest BCUT2D eigenvalue weighted by Gasteiger charge is -2.37. The summed E-state index contributed by atoms with van der Waals surface area (Å²) >= 11 is 14.4. The number of benzene rings is 20. The molecule has 20 aromatic carbocycles. The van der Waals surface area contributed by atoms with E-state index >= 15 is 0 Å². The largest absolute Gasteiger partial charge is 0.459 e. The summed E-state index contributed by atoms with van der Waals surface area (Å²) in [7, 11) is 0. The zero-order chi connectivity index (χ0) is 96.2. The second-order valence-electron chi connectivity index (χ2n) is 34.5. The molecule has 0 aromatic heterocycles.